The number of hydrogen-bond donors (Lipinski definition) is 1. The molecule has 0 unspecified atom stereocenters. The van der Waals surface area contributed by atoms with Crippen LogP contribution in [0.2, 0.25) is 0 Å². The highest BCUT2D eigenvalue weighted by Crippen LogP contribution is 2.30. The number of methoxy groups -OCH3 is 1. The van der Waals surface area contributed by atoms with E-state index in [1.165, 1.54) is 0 Å². The number of hydrogen-bond acceptors (Lipinski definition) is 5. The fourth-order valence-corrected chi connectivity index (χ4v) is 5.91. The largest absolute Gasteiger partial charge is 0.382 e. The first-order chi connectivity index (χ1) is 11.9. The average molecular weight is 500 g/mol. The Hall–Kier alpha value is -0.0300. The molecule has 0 aromatic heterocycles. The fourth-order valence-electron chi connectivity index (χ4n) is 2.83. The van der Waals surface area contributed by atoms with E-state index < -0.39 is 10.0 Å². The quantitative estimate of drug-likeness (QED) is 0.529. The number of benzene rings is 1. The van der Waals surface area contributed by atoms with E-state index in [2.05, 4.69) is 44.1 Å². The molecule has 142 valence electrons. The van der Waals surface area contributed by atoms with Crippen LogP contribution in [0.15, 0.2) is 32.0 Å². The van der Waals surface area contributed by atoms with Gasteiger partial charge in [0.25, 0.3) is 0 Å². The zero-order valence-corrected chi connectivity index (χ0v) is 18.4. The van der Waals surface area contributed by atoms with E-state index in [4.69, 9.17) is 9.47 Å². The molecule has 1 aliphatic rings. The van der Waals surface area contributed by atoms with Gasteiger partial charge in [-0.05, 0) is 47.5 Å². The summed E-state index contributed by atoms with van der Waals surface area (Å²) in [5, 5.41) is 3.32. The smallest absolute Gasteiger partial charge is 0.244 e. The van der Waals surface area contributed by atoms with Crippen LogP contribution in [-0.2, 0) is 19.5 Å². The standard InChI is InChI=1S/C16H24Br2N2O4S/c1-12-9-14(11-19-12)20(5-6-24-8-7-23-2)25(21,22)16-10-13(17)3-4-15(16)18/h3-4,10,12,14,19H,5-9,11H2,1-2H3/t12-,14+/m0/s1. The Morgan fingerprint density at radius 2 is 2.04 bits per heavy atom. The predicted molar refractivity (Wildman–Crippen MR) is 104 cm³/mol. The molecule has 25 heavy (non-hydrogen) atoms. The minimum atomic E-state index is -3.65. The summed E-state index contributed by atoms with van der Waals surface area (Å²) in [4.78, 5) is 0.262. The molecule has 1 aromatic carbocycles. The number of nitrogens with zero attached hydrogens (tertiary/aromatic N) is 1. The normalized spacial score (nSPS) is 21.2. The minimum Gasteiger partial charge on any atom is -0.382 e. The highest BCUT2D eigenvalue weighted by atomic mass is 79.9. The topological polar surface area (TPSA) is 67.9 Å². The Morgan fingerprint density at radius 1 is 1.28 bits per heavy atom. The highest BCUT2D eigenvalue weighted by Gasteiger charge is 2.36. The Kier molecular flexibility index (Phi) is 8.32. The van der Waals surface area contributed by atoms with Gasteiger partial charge in [0, 0.05) is 41.2 Å². The van der Waals surface area contributed by atoms with Crippen molar-refractivity contribution in [2.45, 2.75) is 30.3 Å². The molecule has 1 saturated heterocycles. The van der Waals surface area contributed by atoms with Crippen LogP contribution in [-0.4, -0.2) is 64.8 Å². The van der Waals surface area contributed by atoms with E-state index in [-0.39, 0.29) is 10.9 Å². The van der Waals surface area contributed by atoms with Crippen LogP contribution in [0, 0.1) is 0 Å². The lowest BCUT2D eigenvalue weighted by molar-refractivity contribution is 0.0632. The molecule has 1 aromatic rings. The lowest BCUT2D eigenvalue weighted by atomic mass is 10.2. The molecule has 1 aliphatic heterocycles. The molecule has 0 amide bonds. The highest BCUT2D eigenvalue weighted by molar-refractivity contribution is 9.11. The molecule has 0 saturated carbocycles. The monoisotopic (exact) mass is 498 g/mol. The molecule has 0 radical (unpaired) electrons. The summed E-state index contributed by atoms with van der Waals surface area (Å²) in [6.45, 7) is 4.29. The van der Waals surface area contributed by atoms with Crippen LogP contribution >= 0.6 is 31.9 Å². The maximum absolute atomic E-state index is 13.3. The van der Waals surface area contributed by atoms with E-state index >= 15 is 0 Å². The van der Waals surface area contributed by atoms with Gasteiger partial charge in [0.2, 0.25) is 10.0 Å². The lowest BCUT2D eigenvalue weighted by Crippen LogP contribution is -2.43. The van der Waals surface area contributed by atoms with Crippen molar-refractivity contribution in [2.24, 2.45) is 0 Å². The van der Waals surface area contributed by atoms with Crippen molar-refractivity contribution in [1.29, 1.82) is 0 Å². The third-order valence-electron chi connectivity index (χ3n) is 4.10. The fraction of sp³-hybridized carbons (Fsp3) is 0.625. The van der Waals surface area contributed by atoms with E-state index in [0.717, 1.165) is 10.9 Å². The van der Waals surface area contributed by atoms with Gasteiger partial charge in [-0.1, -0.05) is 15.9 Å². The average Bonchev–Trinajstić information content (AvgIpc) is 2.98. The molecule has 0 aliphatic carbocycles. The van der Waals surface area contributed by atoms with Crippen molar-refractivity contribution in [3.05, 3.63) is 27.1 Å². The summed E-state index contributed by atoms with van der Waals surface area (Å²) in [5.74, 6) is 0. The summed E-state index contributed by atoms with van der Waals surface area (Å²) in [6.07, 6.45) is 0.781. The third kappa shape index (κ3) is 5.72. The molecular weight excluding hydrogens is 476 g/mol. The molecule has 6 nitrogen and oxygen atoms in total. The molecule has 0 spiro atoms. The summed E-state index contributed by atoms with van der Waals surface area (Å²) in [6, 6.07) is 5.38. The van der Waals surface area contributed by atoms with Crippen LogP contribution in [0.5, 0.6) is 0 Å². The number of nitrogens with one attached hydrogen (secondary N) is 1. The van der Waals surface area contributed by atoms with E-state index in [9.17, 15) is 8.42 Å². The van der Waals surface area contributed by atoms with Gasteiger partial charge in [-0.3, -0.25) is 0 Å². The Labute approximate surface area is 166 Å². The van der Waals surface area contributed by atoms with Gasteiger partial charge in [0.15, 0.2) is 0 Å². The number of rotatable bonds is 9. The van der Waals surface area contributed by atoms with E-state index in [1.54, 1.807) is 29.6 Å². The van der Waals surface area contributed by atoms with Crippen molar-refractivity contribution in [2.75, 3.05) is 40.0 Å². The molecular formula is C16H24Br2N2O4S. The molecule has 1 fully saturated rings. The Morgan fingerprint density at radius 3 is 2.68 bits per heavy atom. The third-order valence-corrected chi connectivity index (χ3v) is 7.54. The van der Waals surface area contributed by atoms with Gasteiger partial charge in [0.1, 0.15) is 0 Å². The van der Waals surface area contributed by atoms with Crippen molar-refractivity contribution in [3.63, 3.8) is 0 Å². The van der Waals surface area contributed by atoms with Crippen LogP contribution in [0.25, 0.3) is 0 Å². The minimum absolute atomic E-state index is 0.0862. The molecule has 9 heteroatoms. The van der Waals surface area contributed by atoms with Gasteiger partial charge in [-0.2, -0.15) is 4.31 Å². The van der Waals surface area contributed by atoms with Crippen LogP contribution < -0.4 is 5.32 Å². The van der Waals surface area contributed by atoms with Crippen molar-refractivity contribution < 1.29 is 17.9 Å². The molecule has 2 atom stereocenters. The van der Waals surface area contributed by atoms with Crippen LogP contribution in [0.4, 0.5) is 0 Å². The number of halogens is 2. The zero-order chi connectivity index (χ0) is 18.4. The SMILES string of the molecule is COCCOCCN([C@H]1CN[C@@H](C)C1)S(=O)(=O)c1cc(Br)ccc1Br. The van der Waals surface area contributed by atoms with Crippen molar-refractivity contribution in [3.8, 4) is 0 Å². The lowest BCUT2D eigenvalue weighted by Gasteiger charge is -2.28. The zero-order valence-electron chi connectivity index (χ0n) is 14.4. The van der Waals surface area contributed by atoms with Gasteiger partial charge in [-0.25, -0.2) is 8.42 Å². The Balaban J connectivity index is 2.21. The van der Waals surface area contributed by atoms with Crippen molar-refractivity contribution >= 4 is 41.9 Å². The van der Waals surface area contributed by atoms with Gasteiger partial charge in [0.05, 0.1) is 24.7 Å². The Bertz CT molecular complexity index is 672. The molecule has 1 N–H and O–H groups in total. The summed E-state index contributed by atoms with van der Waals surface area (Å²) in [5.41, 5.74) is 0. The first-order valence-electron chi connectivity index (χ1n) is 8.13. The van der Waals surface area contributed by atoms with E-state index in [1.807, 2.05) is 0 Å². The van der Waals surface area contributed by atoms with Crippen LogP contribution in [0.3, 0.4) is 0 Å². The number of ether oxygens (including phenoxy) is 2. The predicted octanol–water partition coefficient (Wildman–Crippen LogP) is 2.62. The maximum atomic E-state index is 13.3. The first-order valence-corrected chi connectivity index (χ1v) is 11.2. The summed E-state index contributed by atoms with van der Waals surface area (Å²) < 4.78 is 39.9. The van der Waals surface area contributed by atoms with Gasteiger partial charge in [-0.15, -0.1) is 0 Å². The second-order valence-corrected chi connectivity index (χ2v) is 9.62. The maximum Gasteiger partial charge on any atom is 0.244 e. The summed E-state index contributed by atoms with van der Waals surface area (Å²) in [7, 11) is -2.04. The molecule has 0 bridgehead atoms. The second-order valence-electron chi connectivity index (χ2n) is 5.99. The van der Waals surface area contributed by atoms with Crippen LogP contribution in [0.1, 0.15) is 13.3 Å². The first kappa shape index (κ1) is 21.3. The molecule has 2 rings (SSSR count). The molecule has 1 heterocycles. The van der Waals surface area contributed by atoms with E-state index in [0.29, 0.717) is 43.4 Å². The second kappa shape index (κ2) is 9.77. The van der Waals surface area contributed by atoms with Gasteiger partial charge < -0.3 is 14.8 Å². The van der Waals surface area contributed by atoms with Gasteiger partial charge >= 0.3 is 0 Å². The van der Waals surface area contributed by atoms with Crippen molar-refractivity contribution in [1.82, 2.24) is 9.62 Å². The number of sulfonamides is 1. The summed E-state index contributed by atoms with van der Waals surface area (Å²) >= 11 is 6.72.